The van der Waals surface area contributed by atoms with Crippen molar-refractivity contribution in [2.75, 3.05) is 0 Å². The molecule has 0 radical (unpaired) electrons. The van der Waals surface area contributed by atoms with E-state index < -0.39 is 0 Å². The third kappa shape index (κ3) is 4.08. The molecular weight excluding hydrogens is 398 g/mol. The fourth-order valence-corrected chi connectivity index (χ4v) is 3.44. The van der Waals surface area contributed by atoms with Crippen molar-refractivity contribution in [3.8, 4) is 11.1 Å². The summed E-state index contributed by atoms with van der Waals surface area (Å²) in [6.07, 6.45) is 3.57. The highest BCUT2D eigenvalue weighted by molar-refractivity contribution is 9.10. The first-order chi connectivity index (χ1) is 12.1. The Morgan fingerprint density at radius 3 is 2.60 bits per heavy atom. The molecule has 3 N–H and O–H groups in total. The lowest BCUT2D eigenvalue weighted by atomic mass is 9.91. The van der Waals surface area contributed by atoms with Gasteiger partial charge in [-0.2, -0.15) is 5.10 Å². The van der Waals surface area contributed by atoms with Gasteiger partial charge in [0, 0.05) is 16.0 Å². The molecule has 3 rings (SSSR count). The van der Waals surface area contributed by atoms with Crippen LogP contribution in [0.4, 0.5) is 0 Å². The number of nitrogens with zero attached hydrogens (tertiary/aromatic N) is 1. The van der Waals surface area contributed by atoms with Gasteiger partial charge in [-0.3, -0.25) is 5.43 Å². The minimum Gasteiger partial charge on any atom is -0.484 e. The van der Waals surface area contributed by atoms with Crippen LogP contribution in [0.3, 0.4) is 0 Å². The van der Waals surface area contributed by atoms with Crippen molar-refractivity contribution in [1.82, 2.24) is 5.43 Å². The van der Waals surface area contributed by atoms with Gasteiger partial charge in [0.1, 0.15) is 11.9 Å². The number of nitrogens with one attached hydrogen (secondary N) is 1. The van der Waals surface area contributed by atoms with Gasteiger partial charge < -0.3 is 10.5 Å². The van der Waals surface area contributed by atoms with Gasteiger partial charge >= 0.3 is 0 Å². The average Bonchev–Trinajstić information content (AvgIpc) is 2.95. The van der Waals surface area contributed by atoms with E-state index in [2.05, 4.69) is 51.6 Å². The van der Waals surface area contributed by atoms with Crippen LogP contribution < -0.4 is 11.2 Å². The van der Waals surface area contributed by atoms with Gasteiger partial charge in [-0.25, -0.2) is 0 Å². The second-order valence-electron chi connectivity index (χ2n) is 5.77. The molecule has 4 nitrogen and oxygen atoms in total. The number of allylic oxidation sites excluding steroid dienone is 1. The Hall–Kier alpha value is -2.18. The normalized spacial score (nSPS) is 19.5. The van der Waals surface area contributed by atoms with Crippen LogP contribution in [0.25, 0.3) is 11.1 Å². The maximum atomic E-state index is 6.12. The number of benzene rings is 2. The minimum absolute atomic E-state index is 0.0745. The summed E-state index contributed by atoms with van der Waals surface area (Å²) in [6.45, 7) is 2.13. The van der Waals surface area contributed by atoms with Crippen molar-refractivity contribution in [3.05, 3.63) is 70.4 Å². The van der Waals surface area contributed by atoms with Crippen molar-refractivity contribution in [1.29, 1.82) is 0 Å². The van der Waals surface area contributed by atoms with Gasteiger partial charge in [-0.05, 0) is 35.5 Å². The maximum Gasteiger partial charge on any atom is 0.184 e. The fourth-order valence-electron chi connectivity index (χ4n) is 2.89. The first-order valence-corrected chi connectivity index (χ1v) is 9.07. The smallest absolute Gasteiger partial charge is 0.184 e. The van der Waals surface area contributed by atoms with E-state index in [9.17, 15) is 0 Å². The van der Waals surface area contributed by atoms with Crippen molar-refractivity contribution in [3.63, 3.8) is 0 Å². The zero-order chi connectivity index (χ0) is 17.8. The molecular formula is C19H18BrN3OS. The molecule has 0 saturated carbocycles. The van der Waals surface area contributed by atoms with Crippen LogP contribution in [0.15, 0.2) is 69.9 Å². The van der Waals surface area contributed by atoms with Gasteiger partial charge in [0.2, 0.25) is 0 Å². The molecule has 0 spiro atoms. The molecule has 1 heterocycles. The summed E-state index contributed by atoms with van der Waals surface area (Å²) in [5, 5.41) is 4.09. The monoisotopic (exact) mass is 415 g/mol. The highest BCUT2D eigenvalue weighted by atomic mass is 79.9. The number of ether oxygens (including phenoxy) is 1. The molecule has 0 fully saturated rings. The fraction of sp³-hybridized carbons (Fsp3) is 0.158. The SMILES string of the molecule is CC1C=C(/C=N/NC(N)=S)OC1c1ccccc1-c1ccccc1Br. The molecule has 25 heavy (non-hydrogen) atoms. The summed E-state index contributed by atoms with van der Waals surface area (Å²) < 4.78 is 7.17. The van der Waals surface area contributed by atoms with Crippen LogP contribution in [-0.2, 0) is 4.74 Å². The molecule has 1 aliphatic rings. The molecule has 0 saturated heterocycles. The summed E-state index contributed by atoms with van der Waals surface area (Å²) in [7, 11) is 0. The van der Waals surface area contributed by atoms with Crippen molar-refractivity contribution >= 4 is 39.5 Å². The number of rotatable bonds is 4. The molecule has 0 aliphatic carbocycles. The Balaban J connectivity index is 1.88. The van der Waals surface area contributed by atoms with Crippen LogP contribution in [0.2, 0.25) is 0 Å². The van der Waals surface area contributed by atoms with E-state index in [-0.39, 0.29) is 17.1 Å². The van der Waals surface area contributed by atoms with E-state index in [1.54, 1.807) is 6.21 Å². The molecule has 1 aliphatic heterocycles. The van der Waals surface area contributed by atoms with Crippen LogP contribution in [0, 0.1) is 5.92 Å². The zero-order valence-electron chi connectivity index (χ0n) is 13.6. The largest absolute Gasteiger partial charge is 0.484 e. The Morgan fingerprint density at radius 2 is 1.88 bits per heavy atom. The second kappa shape index (κ2) is 7.80. The molecule has 6 heteroatoms. The number of halogens is 1. The minimum atomic E-state index is -0.0745. The highest BCUT2D eigenvalue weighted by Gasteiger charge is 2.29. The van der Waals surface area contributed by atoms with E-state index in [0.29, 0.717) is 5.76 Å². The van der Waals surface area contributed by atoms with E-state index >= 15 is 0 Å². The Labute approximate surface area is 160 Å². The van der Waals surface area contributed by atoms with E-state index in [0.717, 1.165) is 21.2 Å². The zero-order valence-corrected chi connectivity index (χ0v) is 16.0. The average molecular weight is 416 g/mol. The Morgan fingerprint density at radius 1 is 1.20 bits per heavy atom. The van der Waals surface area contributed by atoms with Gasteiger partial charge in [-0.1, -0.05) is 65.3 Å². The topological polar surface area (TPSA) is 59.6 Å². The van der Waals surface area contributed by atoms with E-state index in [1.807, 2.05) is 36.4 Å². The van der Waals surface area contributed by atoms with Gasteiger partial charge in [0.05, 0.1) is 6.21 Å². The third-order valence-corrected chi connectivity index (χ3v) is 4.75. The Kier molecular flexibility index (Phi) is 5.50. The Bertz CT molecular complexity index is 850. The molecule has 2 atom stereocenters. The lowest BCUT2D eigenvalue weighted by Gasteiger charge is -2.20. The van der Waals surface area contributed by atoms with E-state index in [4.69, 9.17) is 22.7 Å². The van der Waals surface area contributed by atoms with E-state index in [1.165, 1.54) is 0 Å². The molecule has 0 bridgehead atoms. The second-order valence-corrected chi connectivity index (χ2v) is 7.06. The van der Waals surface area contributed by atoms with Crippen molar-refractivity contribution < 1.29 is 4.74 Å². The number of nitrogens with two attached hydrogens (primary N) is 1. The highest BCUT2D eigenvalue weighted by Crippen LogP contribution is 2.41. The summed E-state index contributed by atoms with van der Waals surface area (Å²) in [5.41, 5.74) is 11.3. The maximum absolute atomic E-state index is 6.12. The third-order valence-electron chi connectivity index (χ3n) is 3.97. The lowest BCUT2D eigenvalue weighted by molar-refractivity contribution is 0.132. The number of hydrogen-bond donors (Lipinski definition) is 2. The summed E-state index contributed by atoms with van der Waals surface area (Å²) in [5.74, 6) is 0.915. The van der Waals surface area contributed by atoms with Crippen LogP contribution in [0.1, 0.15) is 18.6 Å². The van der Waals surface area contributed by atoms with Crippen molar-refractivity contribution in [2.45, 2.75) is 13.0 Å². The number of hydrogen-bond acceptors (Lipinski definition) is 3. The quantitative estimate of drug-likeness (QED) is 0.437. The first kappa shape index (κ1) is 17.6. The molecule has 2 unspecified atom stereocenters. The predicted octanol–water partition coefficient (Wildman–Crippen LogP) is 4.53. The number of hydrazone groups is 1. The van der Waals surface area contributed by atoms with Gasteiger partial charge in [0.15, 0.2) is 5.11 Å². The van der Waals surface area contributed by atoms with Crippen molar-refractivity contribution in [2.24, 2.45) is 16.8 Å². The molecule has 2 aromatic carbocycles. The van der Waals surface area contributed by atoms with Gasteiger partial charge in [0.25, 0.3) is 0 Å². The first-order valence-electron chi connectivity index (χ1n) is 7.87. The summed E-state index contributed by atoms with van der Waals surface area (Å²) >= 11 is 8.37. The molecule has 0 amide bonds. The van der Waals surface area contributed by atoms with Gasteiger partial charge in [-0.15, -0.1) is 0 Å². The molecule has 128 valence electrons. The summed E-state index contributed by atoms with van der Waals surface area (Å²) in [6, 6.07) is 16.5. The molecule has 0 aromatic heterocycles. The lowest BCUT2D eigenvalue weighted by Crippen LogP contribution is -2.24. The van der Waals surface area contributed by atoms with Crippen LogP contribution in [0.5, 0.6) is 0 Å². The van der Waals surface area contributed by atoms with Crippen LogP contribution in [-0.4, -0.2) is 11.3 Å². The standard InChI is InChI=1S/C19H18BrN3OS/c1-12-10-13(11-22-23-19(21)25)24-18(12)16-8-3-2-6-14(16)15-7-4-5-9-17(15)20/h2-12,18H,1H3,(H3,21,23,25)/b22-11+. The summed E-state index contributed by atoms with van der Waals surface area (Å²) in [4.78, 5) is 0. The van der Waals surface area contributed by atoms with Crippen LogP contribution >= 0.6 is 28.1 Å². The predicted molar refractivity (Wildman–Crippen MR) is 109 cm³/mol. The molecule has 2 aromatic rings. The number of thiocarbonyl (C=S) groups is 1.